The summed E-state index contributed by atoms with van der Waals surface area (Å²) in [4.78, 5) is 0. The molecule has 1 heterocycles. The average molecular weight is 245 g/mol. The first kappa shape index (κ1) is 13.2. The SMILES string of the molecule is CCCc1cn(CCCO)c2cc(C)c(C)cc12. The second-order valence-corrected chi connectivity index (χ2v) is 5.13. The molecule has 2 aromatic rings. The molecule has 0 unspecified atom stereocenters. The van der Waals surface area contributed by atoms with Gasteiger partial charge in [-0.05, 0) is 55.5 Å². The number of nitrogens with zero attached hydrogens (tertiary/aromatic N) is 1. The number of aliphatic hydroxyl groups excluding tert-OH is 1. The molecule has 0 aliphatic rings. The van der Waals surface area contributed by atoms with Crippen molar-refractivity contribution in [3.8, 4) is 0 Å². The summed E-state index contributed by atoms with van der Waals surface area (Å²) in [5, 5.41) is 10.4. The Kier molecular flexibility index (Phi) is 4.07. The number of aryl methyl sites for hydroxylation is 4. The summed E-state index contributed by atoms with van der Waals surface area (Å²) >= 11 is 0. The van der Waals surface area contributed by atoms with Crippen molar-refractivity contribution in [2.75, 3.05) is 6.61 Å². The van der Waals surface area contributed by atoms with Crippen LogP contribution in [0, 0.1) is 13.8 Å². The number of aromatic nitrogens is 1. The van der Waals surface area contributed by atoms with Gasteiger partial charge in [0.05, 0.1) is 0 Å². The molecule has 0 amide bonds. The molecular weight excluding hydrogens is 222 g/mol. The van der Waals surface area contributed by atoms with E-state index >= 15 is 0 Å². The first-order chi connectivity index (χ1) is 8.67. The minimum absolute atomic E-state index is 0.258. The monoisotopic (exact) mass is 245 g/mol. The maximum atomic E-state index is 9.00. The zero-order valence-corrected chi connectivity index (χ0v) is 11.7. The van der Waals surface area contributed by atoms with Crippen LogP contribution in [-0.4, -0.2) is 16.3 Å². The lowest BCUT2D eigenvalue weighted by molar-refractivity contribution is 0.280. The van der Waals surface area contributed by atoms with Crippen molar-refractivity contribution >= 4 is 10.9 Å². The number of fused-ring (bicyclic) bond motifs is 1. The highest BCUT2D eigenvalue weighted by Crippen LogP contribution is 2.26. The van der Waals surface area contributed by atoms with Crippen LogP contribution >= 0.6 is 0 Å². The second-order valence-electron chi connectivity index (χ2n) is 5.13. The van der Waals surface area contributed by atoms with Crippen LogP contribution in [-0.2, 0) is 13.0 Å². The minimum atomic E-state index is 0.258. The molecule has 2 heteroatoms. The lowest BCUT2D eigenvalue weighted by atomic mass is 10.0. The molecule has 2 rings (SSSR count). The summed E-state index contributed by atoms with van der Waals surface area (Å²) < 4.78 is 2.29. The van der Waals surface area contributed by atoms with E-state index in [0.717, 1.165) is 19.4 Å². The number of aliphatic hydroxyl groups is 1. The zero-order chi connectivity index (χ0) is 13.1. The first-order valence-electron chi connectivity index (χ1n) is 6.87. The van der Waals surface area contributed by atoms with Crippen LogP contribution in [0.3, 0.4) is 0 Å². The van der Waals surface area contributed by atoms with Gasteiger partial charge in [-0.1, -0.05) is 13.3 Å². The van der Waals surface area contributed by atoms with Gasteiger partial charge in [-0.2, -0.15) is 0 Å². The first-order valence-corrected chi connectivity index (χ1v) is 6.87. The van der Waals surface area contributed by atoms with Crippen LogP contribution in [0.4, 0.5) is 0 Å². The predicted molar refractivity (Wildman–Crippen MR) is 77.1 cm³/mol. The maximum Gasteiger partial charge on any atom is 0.0486 e. The van der Waals surface area contributed by atoms with Gasteiger partial charge in [0, 0.05) is 30.3 Å². The fourth-order valence-electron chi connectivity index (χ4n) is 2.52. The average Bonchev–Trinajstić information content (AvgIpc) is 2.66. The molecule has 0 spiro atoms. The molecule has 18 heavy (non-hydrogen) atoms. The predicted octanol–water partition coefficient (Wildman–Crippen LogP) is 3.59. The summed E-state index contributed by atoms with van der Waals surface area (Å²) in [7, 11) is 0. The smallest absolute Gasteiger partial charge is 0.0486 e. The van der Waals surface area contributed by atoms with Crippen molar-refractivity contribution < 1.29 is 5.11 Å². The van der Waals surface area contributed by atoms with Crippen molar-refractivity contribution in [3.05, 3.63) is 35.0 Å². The van der Waals surface area contributed by atoms with E-state index < -0.39 is 0 Å². The molecule has 0 aliphatic carbocycles. The largest absolute Gasteiger partial charge is 0.396 e. The highest BCUT2D eigenvalue weighted by Gasteiger charge is 2.09. The van der Waals surface area contributed by atoms with Gasteiger partial charge in [0.15, 0.2) is 0 Å². The van der Waals surface area contributed by atoms with Gasteiger partial charge >= 0.3 is 0 Å². The van der Waals surface area contributed by atoms with Crippen molar-refractivity contribution in [2.24, 2.45) is 0 Å². The summed E-state index contributed by atoms with van der Waals surface area (Å²) in [6.45, 7) is 7.72. The maximum absolute atomic E-state index is 9.00. The topological polar surface area (TPSA) is 25.2 Å². The minimum Gasteiger partial charge on any atom is -0.396 e. The van der Waals surface area contributed by atoms with Crippen LogP contribution in [0.5, 0.6) is 0 Å². The Morgan fingerprint density at radius 2 is 1.89 bits per heavy atom. The standard InChI is InChI=1S/C16H23NO/c1-4-6-14-11-17(7-5-8-18)16-10-13(3)12(2)9-15(14)16/h9-11,18H,4-8H2,1-3H3. The molecule has 0 saturated carbocycles. The van der Waals surface area contributed by atoms with Gasteiger partial charge in [0.1, 0.15) is 0 Å². The third kappa shape index (κ3) is 2.44. The van der Waals surface area contributed by atoms with E-state index in [4.69, 9.17) is 5.11 Å². The number of hydrogen-bond acceptors (Lipinski definition) is 1. The molecule has 2 nitrogen and oxygen atoms in total. The molecule has 0 bridgehead atoms. The van der Waals surface area contributed by atoms with Gasteiger partial charge in [-0.25, -0.2) is 0 Å². The van der Waals surface area contributed by atoms with Crippen molar-refractivity contribution in [1.29, 1.82) is 0 Å². The van der Waals surface area contributed by atoms with Crippen LogP contribution in [0.1, 0.15) is 36.5 Å². The lowest BCUT2D eigenvalue weighted by Crippen LogP contribution is -1.98. The summed E-state index contributed by atoms with van der Waals surface area (Å²) in [6, 6.07) is 4.59. The molecule has 98 valence electrons. The van der Waals surface area contributed by atoms with Crippen LogP contribution in [0.15, 0.2) is 18.3 Å². The Bertz CT molecular complexity index is 540. The number of hydrogen-bond donors (Lipinski definition) is 1. The van der Waals surface area contributed by atoms with E-state index in [1.54, 1.807) is 0 Å². The molecular formula is C16H23NO. The van der Waals surface area contributed by atoms with Crippen molar-refractivity contribution in [3.63, 3.8) is 0 Å². The van der Waals surface area contributed by atoms with Gasteiger partial charge < -0.3 is 9.67 Å². The lowest BCUT2D eigenvalue weighted by Gasteiger charge is -2.06. The van der Waals surface area contributed by atoms with E-state index in [0.29, 0.717) is 0 Å². The quantitative estimate of drug-likeness (QED) is 0.855. The van der Waals surface area contributed by atoms with Gasteiger partial charge in [0.25, 0.3) is 0 Å². The Morgan fingerprint density at radius 3 is 2.56 bits per heavy atom. The summed E-state index contributed by atoms with van der Waals surface area (Å²) in [6.07, 6.45) is 5.39. The Balaban J connectivity index is 2.53. The van der Waals surface area contributed by atoms with E-state index in [1.165, 1.54) is 34.0 Å². The van der Waals surface area contributed by atoms with Crippen molar-refractivity contribution in [1.82, 2.24) is 4.57 Å². The molecule has 0 radical (unpaired) electrons. The number of benzene rings is 1. The van der Waals surface area contributed by atoms with Crippen LogP contribution < -0.4 is 0 Å². The van der Waals surface area contributed by atoms with Gasteiger partial charge in [-0.3, -0.25) is 0 Å². The summed E-state index contributed by atoms with van der Waals surface area (Å²) in [5.74, 6) is 0. The van der Waals surface area contributed by atoms with Crippen LogP contribution in [0.2, 0.25) is 0 Å². The summed E-state index contributed by atoms with van der Waals surface area (Å²) in [5.41, 5.74) is 5.46. The van der Waals surface area contributed by atoms with Gasteiger partial charge in [-0.15, -0.1) is 0 Å². The Hall–Kier alpha value is -1.28. The zero-order valence-electron chi connectivity index (χ0n) is 11.7. The molecule has 1 N–H and O–H groups in total. The molecule has 0 saturated heterocycles. The van der Waals surface area contributed by atoms with E-state index in [9.17, 15) is 0 Å². The highest BCUT2D eigenvalue weighted by atomic mass is 16.3. The highest BCUT2D eigenvalue weighted by molar-refractivity contribution is 5.85. The van der Waals surface area contributed by atoms with E-state index in [2.05, 4.69) is 43.7 Å². The van der Waals surface area contributed by atoms with E-state index in [-0.39, 0.29) is 6.61 Å². The fraction of sp³-hybridized carbons (Fsp3) is 0.500. The molecule has 1 aromatic heterocycles. The van der Waals surface area contributed by atoms with Crippen LogP contribution in [0.25, 0.3) is 10.9 Å². The Morgan fingerprint density at radius 1 is 1.17 bits per heavy atom. The molecule has 0 aliphatic heterocycles. The fourth-order valence-corrected chi connectivity index (χ4v) is 2.52. The third-order valence-corrected chi connectivity index (χ3v) is 3.66. The number of rotatable bonds is 5. The normalized spacial score (nSPS) is 11.3. The molecule has 0 atom stereocenters. The second kappa shape index (κ2) is 5.57. The third-order valence-electron chi connectivity index (χ3n) is 3.66. The van der Waals surface area contributed by atoms with Gasteiger partial charge in [0.2, 0.25) is 0 Å². The Labute approximate surface area is 109 Å². The molecule has 0 fully saturated rings. The van der Waals surface area contributed by atoms with E-state index in [1.807, 2.05) is 0 Å². The molecule has 1 aromatic carbocycles. The van der Waals surface area contributed by atoms with Crippen molar-refractivity contribution in [2.45, 2.75) is 46.6 Å².